The number of nitrogens with zero attached hydrogens (tertiary/aromatic N) is 2. The lowest BCUT2D eigenvalue weighted by Gasteiger charge is -2.17. The summed E-state index contributed by atoms with van der Waals surface area (Å²) in [4.78, 5) is 16.1. The topological polar surface area (TPSA) is 84.2 Å². The van der Waals surface area contributed by atoms with Crippen LogP contribution < -0.4 is 14.8 Å². The van der Waals surface area contributed by atoms with Crippen LogP contribution in [-0.2, 0) is 4.79 Å². The van der Waals surface area contributed by atoms with Crippen molar-refractivity contribution < 1.29 is 14.3 Å². The quantitative estimate of drug-likeness (QED) is 0.811. The van der Waals surface area contributed by atoms with E-state index >= 15 is 0 Å². The molecule has 1 aromatic heterocycles. The van der Waals surface area contributed by atoms with Crippen LogP contribution in [0.3, 0.4) is 0 Å². The van der Waals surface area contributed by atoms with Crippen molar-refractivity contribution in [2.75, 3.05) is 11.9 Å². The molecule has 1 aromatic carbocycles. The largest absolute Gasteiger partial charge is 0.490 e. The summed E-state index contributed by atoms with van der Waals surface area (Å²) in [5.74, 6) is 0.420. The number of carbonyl (C=O) groups is 1. The first-order chi connectivity index (χ1) is 11.5. The molecule has 0 aliphatic rings. The minimum absolute atomic E-state index is 0.200. The molecule has 0 aliphatic carbocycles. The first kappa shape index (κ1) is 17.6. The minimum atomic E-state index is -0.798. The lowest BCUT2D eigenvalue weighted by atomic mass is 10.2. The minimum Gasteiger partial charge on any atom is -0.490 e. The number of nitrogens with one attached hydrogen (secondary N) is 1. The highest BCUT2D eigenvalue weighted by Crippen LogP contribution is 2.29. The number of rotatable bonds is 6. The number of pyridine rings is 1. The Morgan fingerprint density at radius 2 is 2.21 bits per heavy atom. The summed E-state index contributed by atoms with van der Waals surface area (Å²) in [7, 11) is 0. The predicted octanol–water partition coefficient (Wildman–Crippen LogP) is 3.41. The average molecular weight is 346 g/mol. The predicted molar refractivity (Wildman–Crippen MR) is 90.3 cm³/mol. The number of amides is 1. The van der Waals surface area contributed by atoms with Gasteiger partial charge in [0.25, 0.3) is 5.91 Å². The van der Waals surface area contributed by atoms with Gasteiger partial charge in [0, 0.05) is 12.3 Å². The second-order valence-electron chi connectivity index (χ2n) is 4.80. The van der Waals surface area contributed by atoms with Crippen LogP contribution in [-0.4, -0.2) is 23.6 Å². The van der Waals surface area contributed by atoms with E-state index in [4.69, 9.17) is 26.3 Å². The molecule has 1 heterocycles. The van der Waals surface area contributed by atoms with Gasteiger partial charge in [-0.2, -0.15) is 5.26 Å². The molecule has 1 N–H and O–H groups in total. The van der Waals surface area contributed by atoms with E-state index in [2.05, 4.69) is 10.3 Å². The SMILES string of the molecule is CCOc1cc(C#N)ccc1O[C@H](C)C(=O)Nc1cccnc1Cl. The standard InChI is InChI=1S/C17H16ClN3O3/c1-3-23-15-9-12(10-19)6-7-14(15)24-11(2)17(22)21-13-5-4-8-20-16(13)18/h4-9,11H,3H2,1-2H3,(H,21,22)/t11-/m1/s1. The van der Waals surface area contributed by atoms with Crippen LogP contribution in [0.2, 0.25) is 5.15 Å². The molecule has 2 aromatic rings. The molecule has 0 fully saturated rings. The second-order valence-corrected chi connectivity index (χ2v) is 5.16. The van der Waals surface area contributed by atoms with Crippen molar-refractivity contribution in [3.8, 4) is 17.6 Å². The maximum Gasteiger partial charge on any atom is 0.265 e. The van der Waals surface area contributed by atoms with Crippen molar-refractivity contribution in [1.82, 2.24) is 4.98 Å². The highest BCUT2D eigenvalue weighted by Gasteiger charge is 2.18. The van der Waals surface area contributed by atoms with E-state index < -0.39 is 6.10 Å². The third-order valence-electron chi connectivity index (χ3n) is 3.06. The molecule has 24 heavy (non-hydrogen) atoms. The normalized spacial score (nSPS) is 11.2. The number of ether oxygens (including phenoxy) is 2. The van der Waals surface area contributed by atoms with E-state index in [1.165, 1.54) is 6.20 Å². The Labute approximate surface area is 145 Å². The summed E-state index contributed by atoms with van der Waals surface area (Å²) < 4.78 is 11.1. The molecule has 1 atom stereocenters. The number of halogens is 1. The summed E-state index contributed by atoms with van der Waals surface area (Å²) in [5, 5.41) is 11.8. The maximum absolute atomic E-state index is 12.2. The molecule has 0 saturated heterocycles. The molecule has 6 nitrogen and oxygen atoms in total. The molecular weight excluding hydrogens is 330 g/mol. The van der Waals surface area contributed by atoms with Crippen LogP contribution in [0, 0.1) is 11.3 Å². The zero-order valence-electron chi connectivity index (χ0n) is 13.2. The van der Waals surface area contributed by atoms with Crippen molar-refractivity contribution in [1.29, 1.82) is 5.26 Å². The van der Waals surface area contributed by atoms with Crippen molar-refractivity contribution in [3.63, 3.8) is 0 Å². The van der Waals surface area contributed by atoms with Crippen LogP contribution >= 0.6 is 11.6 Å². The molecular formula is C17H16ClN3O3. The van der Waals surface area contributed by atoms with E-state index in [1.807, 2.05) is 13.0 Å². The molecule has 1 amide bonds. The van der Waals surface area contributed by atoms with Crippen LogP contribution in [0.5, 0.6) is 11.5 Å². The fourth-order valence-electron chi connectivity index (χ4n) is 1.90. The number of anilines is 1. The van der Waals surface area contributed by atoms with Gasteiger partial charge in [-0.05, 0) is 38.1 Å². The molecule has 2 rings (SSSR count). The first-order valence-electron chi connectivity index (χ1n) is 7.30. The van der Waals surface area contributed by atoms with Crippen molar-refractivity contribution in [2.45, 2.75) is 20.0 Å². The van der Waals surface area contributed by atoms with Gasteiger partial charge < -0.3 is 14.8 Å². The number of nitriles is 1. The highest BCUT2D eigenvalue weighted by molar-refractivity contribution is 6.32. The molecule has 0 saturated carbocycles. The van der Waals surface area contributed by atoms with E-state index in [0.717, 1.165) is 0 Å². The third kappa shape index (κ3) is 4.37. The van der Waals surface area contributed by atoms with Gasteiger partial charge in [-0.1, -0.05) is 11.6 Å². The van der Waals surface area contributed by atoms with Gasteiger partial charge in [0.1, 0.15) is 0 Å². The maximum atomic E-state index is 12.2. The highest BCUT2D eigenvalue weighted by atomic mass is 35.5. The lowest BCUT2D eigenvalue weighted by Crippen LogP contribution is -2.30. The number of hydrogen-bond donors (Lipinski definition) is 1. The lowest BCUT2D eigenvalue weighted by molar-refractivity contribution is -0.122. The zero-order valence-corrected chi connectivity index (χ0v) is 14.0. The molecule has 0 unspecified atom stereocenters. The van der Waals surface area contributed by atoms with Crippen molar-refractivity contribution in [3.05, 3.63) is 47.2 Å². The summed E-state index contributed by atoms with van der Waals surface area (Å²) in [6.45, 7) is 3.84. The smallest absolute Gasteiger partial charge is 0.265 e. The molecule has 7 heteroatoms. The average Bonchev–Trinajstić information content (AvgIpc) is 2.58. The molecule has 0 spiro atoms. The van der Waals surface area contributed by atoms with E-state index in [-0.39, 0.29) is 11.1 Å². The number of carbonyl (C=O) groups excluding carboxylic acids is 1. The van der Waals surface area contributed by atoms with Gasteiger partial charge in [-0.3, -0.25) is 4.79 Å². The fraction of sp³-hybridized carbons (Fsp3) is 0.235. The molecule has 0 radical (unpaired) electrons. The van der Waals surface area contributed by atoms with Gasteiger partial charge in [0.05, 0.1) is 23.9 Å². The monoisotopic (exact) mass is 345 g/mol. The van der Waals surface area contributed by atoms with E-state index in [9.17, 15) is 4.79 Å². The van der Waals surface area contributed by atoms with Crippen LogP contribution in [0.25, 0.3) is 0 Å². The Hall–Kier alpha value is -2.78. The Morgan fingerprint density at radius 3 is 2.88 bits per heavy atom. The third-order valence-corrected chi connectivity index (χ3v) is 3.36. The second kappa shape index (κ2) is 8.18. The first-order valence-corrected chi connectivity index (χ1v) is 7.68. The van der Waals surface area contributed by atoms with E-state index in [1.54, 1.807) is 37.3 Å². The molecule has 124 valence electrons. The Morgan fingerprint density at radius 1 is 1.42 bits per heavy atom. The summed E-state index contributed by atoms with van der Waals surface area (Å²) in [6.07, 6.45) is 0.733. The van der Waals surface area contributed by atoms with Crippen molar-refractivity contribution in [2.24, 2.45) is 0 Å². The van der Waals surface area contributed by atoms with Gasteiger partial charge in [-0.15, -0.1) is 0 Å². The zero-order chi connectivity index (χ0) is 17.5. The van der Waals surface area contributed by atoms with Crippen LogP contribution in [0.4, 0.5) is 5.69 Å². The van der Waals surface area contributed by atoms with Crippen LogP contribution in [0.1, 0.15) is 19.4 Å². The molecule has 0 bridgehead atoms. The summed E-state index contributed by atoms with van der Waals surface area (Å²) in [6, 6.07) is 10.1. The van der Waals surface area contributed by atoms with Gasteiger partial charge in [-0.25, -0.2) is 4.98 Å². The Kier molecular flexibility index (Phi) is 5.99. The van der Waals surface area contributed by atoms with Crippen LogP contribution in [0.15, 0.2) is 36.5 Å². The van der Waals surface area contributed by atoms with Gasteiger partial charge in [0.15, 0.2) is 22.8 Å². The Balaban J connectivity index is 2.11. The van der Waals surface area contributed by atoms with E-state index in [0.29, 0.717) is 29.4 Å². The number of benzene rings is 1. The fourth-order valence-corrected chi connectivity index (χ4v) is 2.07. The van der Waals surface area contributed by atoms with Gasteiger partial charge >= 0.3 is 0 Å². The summed E-state index contributed by atoms with van der Waals surface area (Å²) >= 11 is 5.92. The number of aromatic nitrogens is 1. The summed E-state index contributed by atoms with van der Waals surface area (Å²) in [5.41, 5.74) is 0.856. The van der Waals surface area contributed by atoms with Crippen molar-refractivity contribution >= 4 is 23.2 Å². The van der Waals surface area contributed by atoms with Gasteiger partial charge in [0.2, 0.25) is 0 Å². The molecule has 0 aliphatic heterocycles. The Bertz CT molecular complexity index is 774. The number of hydrogen-bond acceptors (Lipinski definition) is 5.